The van der Waals surface area contributed by atoms with Gasteiger partial charge >= 0.3 is 0 Å². The predicted molar refractivity (Wildman–Crippen MR) is 173 cm³/mol. The average molecular weight is 593 g/mol. The largest absolute Gasteiger partial charge is 0.339 e. The number of benzene rings is 3. The molecule has 0 unspecified atom stereocenters. The summed E-state index contributed by atoms with van der Waals surface area (Å²) in [4.78, 5) is 24.0. The summed E-state index contributed by atoms with van der Waals surface area (Å²) in [5.41, 5.74) is 6.73. The van der Waals surface area contributed by atoms with Crippen LogP contribution in [0.4, 0.5) is 8.78 Å². The molecule has 1 saturated heterocycles. The lowest BCUT2D eigenvalue weighted by atomic mass is 9.94. The standard InChI is InChI=1S/C30H30FN3O.C7H8FN/c1-3-8-25-21(2)9-6-12-26(25)30(35)33-17-15-23(16-18-33)29-32-27-13-4-5-14-28(27)34(29)20-22-10-7-11-24(31)19-22;1-2-6-3-7(8)5-9-4-6/h3-14,19,23H,15-18,20H2,1-2H3;3-5H,2H2,1H3/b8-3-;. The van der Waals surface area contributed by atoms with Gasteiger partial charge in [0, 0.05) is 37.3 Å². The number of nitrogens with zero attached hydrogens (tertiary/aromatic N) is 4. The van der Waals surface area contributed by atoms with Gasteiger partial charge in [-0.3, -0.25) is 9.78 Å². The number of para-hydroxylation sites is 2. The molecule has 1 amide bonds. The van der Waals surface area contributed by atoms with E-state index in [2.05, 4.69) is 15.6 Å². The highest BCUT2D eigenvalue weighted by atomic mass is 19.1. The Kier molecular flexibility index (Phi) is 9.95. The van der Waals surface area contributed by atoms with Gasteiger partial charge in [-0.15, -0.1) is 0 Å². The van der Waals surface area contributed by atoms with Crippen molar-refractivity contribution < 1.29 is 13.6 Å². The Morgan fingerprint density at radius 2 is 1.68 bits per heavy atom. The monoisotopic (exact) mass is 592 g/mol. The molecule has 0 bridgehead atoms. The normalized spacial score (nSPS) is 13.7. The molecule has 226 valence electrons. The highest BCUT2D eigenvalue weighted by Crippen LogP contribution is 2.32. The summed E-state index contributed by atoms with van der Waals surface area (Å²) >= 11 is 0. The fraction of sp³-hybridized carbons (Fsp3) is 0.270. The molecule has 3 aromatic carbocycles. The van der Waals surface area contributed by atoms with Gasteiger partial charge in [0.25, 0.3) is 5.91 Å². The lowest BCUT2D eigenvalue weighted by Crippen LogP contribution is -2.38. The first-order chi connectivity index (χ1) is 21.4. The highest BCUT2D eigenvalue weighted by molar-refractivity contribution is 5.98. The molecule has 0 aliphatic carbocycles. The Labute approximate surface area is 257 Å². The topological polar surface area (TPSA) is 51.0 Å². The summed E-state index contributed by atoms with van der Waals surface area (Å²) in [5.74, 6) is 0.872. The zero-order chi connectivity index (χ0) is 31.1. The third-order valence-electron chi connectivity index (χ3n) is 8.12. The molecule has 1 fully saturated rings. The Bertz CT molecular complexity index is 1770. The molecular formula is C37H38F2N4O. The van der Waals surface area contributed by atoms with E-state index in [0.717, 1.165) is 63.9 Å². The number of halogens is 2. The van der Waals surface area contributed by atoms with Crippen molar-refractivity contribution in [1.82, 2.24) is 19.4 Å². The molecule has 44 heavy (non-hydrogen) atoms. The number of rotatable bonds is 6. The van der Waals surface area contributed by atoms with Gasteiger partial charge in [0.05, 0.1) is 17.2 Å². The SMILES string of the molecule is C/C=C\c1c(C)cccc1C(=O)N1CCC(c2nc3ccccc3n2Cc2cccc(F)c2)CC1.CCc1cncc(F)c1. The van der Waals surface area contributed by atoms with Crippen LogP contribution in [0.5, 0.6) is 0 Å². The van der Waals surface area contributed by atoms with E-state index < -0.39 is 0 Å². The summed E-state index contributed by atoms with van der Waals surface area (Å²) in [6, 6.07) is 22.3. The first kappa shape index (κ1) is 30.8. The third kappa shape index (κ3) is 7.10. The number of pyridine rings is 1. The van der Waals surface area contributed by atoms with Crippen LogP contribution in [0.2, 0.25) is 0 Å². The Morgan fingerprint density at radius 1 is 0.932 bits per heavy atom. The van der Waals surface area contributed by atoms with Crippen molar-refractivity contribution in [2.24, 2.45) is 0 Å². The van der Waals surface area contributed by atoms with Crippen LogP contribution in [0.15, 0.2) is 91.3 Å². The zero-order valence-corrected chi connectivity index (χ0v) is 25.5. The van der Waals surface area contributed by atoms with Gasteiger partial charge in [-0.1, -0.05) is 55.5 Å². The number of fused-ring (bicyclic) bond motifs is 1. The van der Waals surface area contributed by atoms with E-state index in [1.165, 1.54) is 18.3 Å². The van der Waals surface area contributed by atoms with Crippen LogP contribution in [0.25, 0.3) is 17.1 Å². The van der Waals surface area contributed by atoms with Gasteiger partial charge in [0.2, 0.25) is 0 Å². The van der Waals surface area contributed by atoms with Crippen LogP contribution >= 0.6 is 0 Å². The maximum Gasteiger partial charge on any atom is 0.254 e. The molecule has 5 aromatic rings. The maximum atomic E-state index is 13.9. The predicted octanol–water partition coefficient (Wildman–Crippen LogP) is 8.37. The second kappa shape index (κ2) is 14.2. The zero-order valence-electron chi connectivity index (χ0n) is 25.5. The van der Waals surface area contributed by atoms with E-state index in [1.807, 2.05) is 80.3 Å². The third-order valence-corrected chi connectivity index (χ3v) is 8.12. The van der Waals surface area contributed by atoms with Crippen molar-refractivity contribution in [1.29, 1.82) is 0 Å². The van der Waals surface area contributed by atoms with Crippen LogP contribution in [0, 0.1) is 18.6 Å². The van der Waals surface area contributed by atoms with Crippen LogP contribution in [0.3, 0.4) is 0 Å². The number of allylic oxidation sites excluding steroid dienone is 1. The molecule has 3 heterocycles. The number of hydrogen-bond acceptors (Lipinski definition) is 3. The lowest BCUT2D eigenvalue weighted by molar-refractivity contribution is 0.0710. The van der Waals surface area contributed by atoms with Gasteiger partial charge in [0.15, 0.2) is 0 Å². The van der Waals surface area contributed by atoms with Crippen LogP contribution < -0.4 is 0 Å². The smallest absolute Gasteiger partial charge is 0.254 e. The number of carbonyl (C=O) groups is 1. The first-order valence-electron chi connectivity index (χ1n) is 15.2. The van der Waals surface area contributed by atoms with E-state index in [9.17, 15) is 13.6 Å². The first-order valence-corrected chi connectivity index (χ1v) is 15.2. The quantitative estimate of drug-likeness (QED) is 0.199. The Balaban J connectivity index is 0.000000367. The summed E-state index contributed by atoms with van der Waals surface area (Å²) in [6.45, 7) is 7.94. The summed E-state index contributed by atoms with van der Waals surface area (Å²) in [5, 5.41) is 0. The van der Waals surface area contributed by atoms with Crippen molar-refractivity contribution >= 4 is 23.0 Å². The number of aryl methyl sites for hydroxylation is 2. The summed E-state index contributed by atoms with van der Waals surface area (Å²) in [6.07, 6.45) is 9.41. The molecule has 0 radical (unpaired) electrons. The summed E-state index contributed by atoms with van der Waals surface area (Å²) in [7, 11) is 0. The lowest BCUT2D eigenvalue weighted by Gasteiger charge is -2.32. The van der Waals surface area contributed by atoms with Crippen molar-refractivity contribution in [3.8, 4) is 0 Å². The van der Waals surface area contributed by atoms with Crippen molar-refractivity contribution in [2.75, 3.05) is 13.1 Å². The number of likely N-dealkylation sites (tertiary alicyclic amines) is 1. The van der Waals surface area contributed by atoms with Crippen molar-refractivity contribution in [2.45, 2.75) is 52.5 Å². The highest BCUT2D eigenvalue weighted by Gasteiger charge is 2.29. The van der Waals surface area contributed by atoms with Gasteiger partial charge in [0.1, 0.15) is 17.5 Å². The fourth-order valence-electron chi connectivity index (χ4n) is 5.81. The van der Waals surface area contributed by atoms with E-state index in [0.29, 0.717) is 19.6 Å². The molecular weight excluding hydrogens is 554 g/mol. The molecule has 0 atom stereocenters. The van der Waals surface area contributed by atoms with Gasteiger partial charge in [-0.05, 0) is 91.8 Å². The van der Waals surface area contributed by atoms with E-state index >= 15 is 0 Å². The van der Waals surface area contributed by atoms with E-state index in [-0.39, 0.29) is 23.5 Å². The number of piperidine rings is 1. The number of carbonyl (C=O) groups excluding carboxylic acids is 1. The van der Waals surface area contributed by atoms with Crippen molar-refractivity contribution in [3.63, 3.8) is 0 Å². The maximum absolute atomic E-state index is 13.9. The summed E-state index contributed by atoms with van der Waals surface area (Å²) < 4.78 is 28.4. The minimum atomic E-state index is -0.255. The number of amides is 1. The minimum absolute atomic E-state index is 0.0912. The molecule has 5 nitrogen and oxygen atoms in total. The Hall–Kier alpha value is -4.65. The van der Waals surface area contributed by atoms with Crippen LogP contribution in [0.1, 0.15) is 71.0 Å². The van der Waals surface area contributed by atoms with E-state index in [1.54, 1.807) is 18.3 Å². The Morgan fingerprint density at radius 3 is 2.39 bits per heavy atom. The number of imidazole rings is 1. The van der Waals surface area contributed by atoms with Gasteiger partial charge < -0.3 is 9.47 Å². The molecule has 6 rings (SSSR count). The molecule has 2 aromatic heterocycles. The molecule has 0 saturated carbocycles. The number of hydrogen-bond donors (Lipinski definition) is 0. The molecule has 7 heteroatoms. The minimum Gasteiger partial charge on any atom is -0.339 e. The molecule has 0 spiro atoms. The fourth-order valence-corrected chi connectivity index (χ4v) is 5.81. The van der Waals surface area contributed by atoms with Gasteiger partial charge in [-0.2, -0.15) is 0 Å². The second-order valence-corrected chi connectivity index (χ2v) is 11.1. The van der Waals surface area contributed by atoms with Crippen molar-refractivity contribution in [3.05, 3.63) is 137 Å². The second-order valence-electron chi connectivity index (χ2n) is 11.1. The molecule has 1 aliphatic heterocycles. The number of aromatic nitrogens is 3. The average Bonchev–Trinajstić information content (AvgIpc) is 3.40. The molecule has 1 aliphatic rings. The van der Waals surface area contributed by atoms with E-state index in [4.69, 9.17) is 4.98 Å². The van der Waals surface area contributed by atoms with Crippen LogP contribution in [-0.2, 0) is 13.0 Å². The molecule has 0 N–H and O–H groups in total. The van der Waals surface area contributed by atoms with Gasteiger partial charge in [-0.25, -0.2) is 13.8 Å². The van der Waals surface area contributed by atoms with Crippen LogP contribution in [-0.4, -0.2) is 38.4 Å².